The molecule has 20 heavy (non-hydrogen) atoms. The van der Waals surface area contributed by atoms with Crippen molar-refractivity contribution in [2.75, 3.05) is 0 Å². The van der Waals surface area contributed by atoms with Gasteiger partial charge in [0.15, 0.2) is 0 Å². The zero-order valence-corrected chi connectivity index (χ0v) is 12.9. The molecule has 0 saturated carbocycles. The Balaban J connectivity index is 2.19. The van der Waals surface area contributed by atoms with Crippen molar-refractivity contribution in [3.63, 3.8) is 0 Å². The standard InChI is InChI=1S/C15H14BrN3O/c1-10-8-13-14(16)11(2)17-19(13)15(20)18(10)9-12-6-4-3-5-7-12/h3-8H,9H2,1-2H3. The molecule has 0 spiro atoms. The summed E-state index contributed by atoms with van der Waals surface area (Å²) in [5.41, 5.74) is 3.54. The highest BCUT2D eigenvalue weighted by atomic mass is 79.9. The van der Waals surface area contributed by atoms with Crippen molar-refractivity contribution in [2.45, 2.75) is 20.4 Å². The molecule has 0 saturated heterocycles. The van der Waals surface area contributed by atoms with E-state index in [0.29, 0.717) is 6.54 Å². The first-order valence-corrected chi connectivity index (χ1v) is 7.16. The van der Waals surface area contributed by atoms with Crippen LogP contribution in [0.1, 0.15) is 17.0 Å². The summed E-state index contributed by atoms with van der Waals surface area (Å²) in [4.78, 5) is 12.6. The lowest BCUT2D eigenvalue weighted by Crippen LogP contribution is -2.29. The molecule has 0 aliphatic carbocycles. The Kier molecular flexibility index (Phi) is 3.22. The molecule has 3 aromatic rings. The molecule has 0 atom stereocenters. The van der Waals surface area contributed by atoms with E-state index >= 15 is 0 Å². The second-order valence-electron chi connectivity index (χ2n) is 4.84. The van der Waals surface area contributed by atoms with Gasteiger partial charge in [-0.25, -0.2) is 4.79 Å². The van der Waals surface area contributed by atoms with Crippen LogP contribution in [-0.2, 0) is 6.54 Å². The fourth-order valence-corrected chi connectivity index (χ4v) is 2.66. The molecule has 5 heteroatoms. The molecule has 1 aromatic carbocycles. The quantitative estimate of drug-likeness (QED) is 0.724. The summed E-state index contributed by atoms with van der Waals surface area (Å²) in [5.74, 6) is 0. The van der Waals surface area contributed by atoms with Gasteiger partial charge >= 0.3 is 5.69 Å². The molecular weight excluding hydrogens is 318 g/mol. The van der Waals surface area contributed by atoms with Gasteiger partial charge in [-0.15, -0.1) is 0 Å². The Labute approximate surface area is 124 Å². The Hall–Kier alpha value is -1.88. The summed E-state index contributed by atoms with van der Waals surface area (Å²) in [7, 11) is 0. The van der Waals surface area contributed by atoms with Gasteiger partial charge in [-0.2, -0.15) is 9.61 Å². The van der Waals surface area contributed by atoms with E-state index < -0.39 is 0 Å². The minimum atomic E-state index is -0.113. The molecule has 0 N–H and O–H groups in total. The first-order chi connectivity index (χ1) is 9.58. The molecule has 2 aromatic heterocycles. The monoisotopic (exact) mass is 331 g/mol. The molecule has 4 nitrogen and oxygen atoms in total. The number of benzene rings is 1. The number of fused-ring (bicyclic) bond motifs is 1. The number of hydrogen-bond acceptors (Lipinski definition) is 2. The Morgan fingerprint density at radius 1 is 1.20 bits per heavy atom. The zero-order chi connectivity index (χ0) is 14.3. The number of aromatic nitrogens is 3. The summed E-state index contributed by atoms with van der Waals surface area (Å²) >= 11 is 3.48. The van der Waals surface area contributed by atoms with Gasteiger partial charge in [0.05, 0.1) is 22.2 Å². The molecule has 2 heterocycles. The molecule has 0 radical (unpaired) electrons. The van der Waals surface area contributed by atoms with Gasteiger partial charge in [0, 0.05) is 5.69 Å². The predicted molar refractivity (Wildman–Crippen MR) is 82.2 cm³/mol. The maximum Gasteiger partial charge on any atom is 0.349 e. The van der Waals surface area contributed by atoms with Crippen LogP contribution in [0.15, 0.2) is 45.7 Å². The van der Waals surface area contributed by atoms with Crippen LogP contribution in [0.3, 0.4) is 0 Å². The second-order valence-corrected chi connectivity index (χ2v) is 5.63. The summed E-state index contributed by atoms with van der Waals surface area (Å²) in [5, 5.41) is 4.29. The SMILES string of the molecule is Cc1nn2c(=O)n(Cc3ccccc3)c(C)cc2c1Br. The minimum absolute atomic E-state index is 0.113. The molecule has 0 fully saturated rings. The average molecular weight is 332 g/mol. The van der Waals surface area contributed by atoms with Gasteiger partial charge in [-0.05, 0) is 41.4 Å². The number of nitrogens with zero attached hydrogens (tertiary/aromatic N) is 3. The van der Waals surface area contributed by atoms with Crippen LogP contribution in [0.25, 0.3) is 5.52 Å². The smallest absolute Gasteiger partial charge is 0.292 e. The number of rotatable bonds is 2. The molecule has 102 valence electrons. The van der Waals surface area contributed by atoms with Gasteiger partial charge in [0.2, 0.25) is 0 Å². The molecule has 0 amide bonds. The van der Waals surface area contributed by atoms with Crippen LogP contribution in [0, 0.1) is 13.8 Å². The highest BCUT2D eigenvalue weighted by Gasteiger charge is 2.12. The van der Waals surface area contributed by atoms with Crippen molar-refractivity contribution < 1.29 is 0 Å². The van der Waals surface area contributed by atoms with Crippen molar-refractivity contribution in [1.82, 2.24) is 14.2 Å². The summed E-state index contributed by atoms with van der Waals surface area (Å²) < 4.78 is 4.07. The van der Waals surface area contributed by atoms with E-state index in [0.717, 1.165) is 26.9 Å². The zero-order valence-electron chi connectivity index (χ0n) is 11.3. The van der Waals surface area contributed by atoms with Crippen LogP contribution in [0.2, 0.25) is 0 Å². The van der Waals surface area contributed by atoms with Crippen LogP contribution in [0.5, 0.6) is 0 Å². The molecule has 0 bridgehead atoms. The normalized spacial score (nSPS) is 11.2. The minimum Gasteiger partial charge on any atom is -0.292 e. The summed E-state index contributed by atoms with van der Waals surface area (Å²) in [6.45, 7) is 4.38. The molecular formula is C15H14BrN3O. The van der Waals surface area contributed by atoms with Gasteiger partial charge in [0.1, 0.15) is 0 Å². The third kappa shape index (κ3) is 2.08. The predicted octanol–water partition coefficient (Wildman–Crippen LogP) is 2.92. The van der Waals surface area contributed by atoms with Crippen molar-refractivity contribution >= 4 is 21.4 Å². The van der Waals surface area contributed by atoms with E-state index in [4.69, 9.17) is 0 Å². The molecule has 0 unspecified atom stereocenters. The molecule has 3 rings (SSSR count). The van der Waals surface area contributed by atoms with E-state index in [1.54, 1.807) is 4.57 Å². The topological polar surface area (TPSA) is 39.3 Å². The lowest BCUT2D eigenvalue weighted by molar-refractivity contribution is 0.664. The fraction of sp³-hybridized carbons (Fsp3) is 0.200. The van der Waals surface area contributed by atoms with Crippen LogP contribution >= 0.6 is 15.9 Å². The van der Waals surface area contributed by atoms with Crippen molar-refractivity contribution in [3.8, 4) is 0 Å². The van der Waals surface area contributed by atoms with Crippen molar-refractivity contribution in [3.05, 3.63) is 68.3 Å². The Morgan fingerprint density at radius 2 is 1.90 bits per heavy atom. The van der Waals surface area contributed by atoms with Crippen molar-refractivity contribution in [1.29, 1.82) is 0 Å². The maximum absolute atomic E-state index is 12.6. The third-order valence-electron chi connectivity index (χ3n) is 3.39. The number of aryl methyl sites for hydroxylation is 2. The van der Waals surface area contributed by atoms with Gasteiger partial charge < -0.3 is 0 Å². The highest BCUT2D eigenvalue weighted by molar-refractivity contribution is 9.10. The lowest BCUT2D eigenvalue weighted by Gasteiger charge is -2.10. The van der Waals surface area contributed by atoms with Crippen LogP contribution < -0.4 is 5.69 Å². The van der Waals surface area contributed by atoms with Gasteiger partial charge in [0.25, 0.3) is 0 Å². The molecule has 0 aliphatic heterocycles. The first kappa shape index (κ1) is 13.1. The van der Waals surface area contributed by atoms with Crippen LogP contribution in [-0.4, -0.2) is 14.2 Å². The first-order valence-electron chi connectivity index (χ1n) is 6.37. The third-order valence-corrected chi connectivity index (χ3v) is 4.37. The second kappa shape index (κ2) is 4.90. The number of halogens is 1. The van der Waals surface area contributed by atoms with E-state index in [1.165, 1.54) is 4.52 Å². The summed E-state index contributed by atoms with van der Waals surface area (Å²) in [6.07, 6.45) is 0. The summed E-state index contributed by atoms with van der Waals surface area (Å²) in [6, 6.07) is 11.9. The Morgan fingerprint density at radius 3 is 2.60 bits per heavy atom. The van der Waals surface area contributed by atoms with E-state index in [2.05, 4.69) is 21.0 Å². The average Bonchev–Trinajstić information content (AvgIpc) is 2.73. The highest BCUT2D eigenvalue weighted by Crippen LogP contribution is 2.21. The largest absolute Gasteiger partial charge is 0.349 e. The van der Waals surface area contributed by atoms with E-state index in [-0.39, 0.29) is 5.69 Å². The maximum atomic E-state index is 12.6. The molecule has 0 aliphatic rings. The Bertz CT molecular complexity index is 834. The van der Waals surface area contributed by atoms with Gasteiger partial charge in [-0.3, -0.25) is 4.57 Å². The van der Waals surface area contributed by atoms with Crippen LogP contribution in [0.4, 0.5) is 0 Å². The van der Waals surface area contributed by atoms with Gasteiger partial charge in [-0.1, -0.05) is 30.3 Å². The van der Waals surface area contributed by atoms with E-state index in [1.807, 2.05) is 50.2 Å². The van der Waals surface area contributed by atoms with Crippen molar-refractivity contribution in [2.24, 2.45) is 0 Å². The number of hydrogen-bond donors (Lipinski definition) is 0. The van der Waals surface area contributed by atoms with E-state index in [9.17, 15) is 4.79 Å². The lowest BCUT2D eigenvalue weighted by atomic mass is 10.2. The fourth-order valence-electron chi connectivity index (χ4n) is 2.30.